The van der Waals surface area contributed by atoms with Gasteiger partial charge in [-0.1, -0.05) is 54.9 Å². The van der Waals surface area contributed by atoms with Gasteiger partial charge < -0.3 is 19.7 Å². The Balaban J connectivity index is 1.34. The summed E-state index contributed by atoms with van der Waals surface area (Å²) in [6.07, 6.45) is 3.69. The van der Waals surface area contributed by atoms with Crippen molar-refractivity contribution in [2.24, 2.45) is 28.6 Å². The molecule has 246 valence electrons. The number of phenols is 1. The van der Waals surface area contributed by atoms with E-state index in [2.05, 4.69) is 0 Å². The fraction of sp³-hybridized carbons (Fsp3) is 0.444. The number of ether oxygens (including phenoxy) is 2. The predicted molar refractivity (Wildman–Crippen MR) is 171 cm³/mol. The molecule has 0 aromatic heterocycles. The highest BCUT2D eigenvalue weighted by atomic mass is 35.5. The standard InChI is InChI=1S/C36H35ClFNO7S/c1-20-16-27-26-10-6-22-17-23(40)12-13-33(22,2)35(26,38)30(42)19-34(27,3)36(20,32(44)45-15-14-39)46-31(43)21-4-7-24(8-5-21)47-25-9-11-28(37)29(41)18-25/h4-9,11-13,18,20,26-27,30,41-42H,10,15-17,19H2,1-3H3/t20-,26+,27+,30+,33+,34+,35+,36+/m1/s1. The minimum atomic E-state index is -2.14. The molecule has 2 saturated carbocycles. The van der Waals surface area contributed by atoms with Crippen molar-refractivity contribution in [3.05, 3.63) is 76.9 Å². The summed E-state index contributed by atoms with van der Waals surface area (Å²) in [4.78, 5) is 41.6. The number of nitrogens with zero attached hydrogens (tertiary/aromatic N) is 1. The first-order chi connectivity index (χ1) is 22.2. The second-order valence-corrected chi connectivity index (χ2v) is 15.1. The molecule has 0 amide bonds. The monoisotopic (exact) mass is 679 g/mol. The molecule has 4 aliphatic rings. The zero-order valence-electron chi connectivity index (χ0n) is 26.2. The van der Waals surface area contributed by atoms with Gasteiger partial charge >= 0.3 is 11.9 Å². The summed E-state index contributed by atoms with van der Waals surface area (Å²) in [6, 6.07) is 13.2. The van der Waals surface area contributed by atoms with E-state index in [9.17, 15) is 29.9 Å². The number of hydrogen-bond acceptors (Lipinski definition) is 9. The van der Waals surface area contributed by atoms with E-state index in [1.807, 2.05) is 6.08 Å². The third-order valence-electron chi connectivity index (χ3n) is 11.2. The molecular weight excluding hydrogens is 645 g/mol. The fourth-order valence-corrected chi connectivity index (χ4v) is 9.86. The number of benzene rings is 2. The van der Waals surface area contributed by atoms with Gasteiger partial charge in [0.15, 0.2) is 18.1 Å². The van der Waals surface area contributed by atoms with Gasteiger partial charge in [0.25, 0.3) is 0 Å². The van der Waals surface area contributed by atoms with Crippen LogP contribution in [0.1, 0.15) is 56.8 Å². The van der Waals surface area contributed by atoms with Gasteiger partial charge in [-0.15, -0.1) is 0 Å². The van der Waals surface area contributed by atoms with Gasteiger partial charge in [0.05, 0.1) is 16.7 Å². The molecule has 4 aliphatic carbocycles. The molecule has 2 fully saturated rings. The van der Waals surface area contributed by atoms with Gasteiger partial charge in [-0.25, -0.2) is 14.0 Å². The van der Waals surface area contributed by atoms with Crippen molar-refractivity contribution in [2.75, 3.05) is 6.61 Å². The first-order valence-electron chi connectivity index (χ1n) is 15.5. The van der Waals surface area contributed by atoms with Gasteiger partial charge in [-0.05, 0) is 80.6 Å². The summed E-state index contributed by atoms with van der Waals surface area (Å²) >= 11 is 7.25. The molecule has 2 aromatic carbocycles. The highest BCUT2D eigenvalue weighted by Gasteiger charge is 2.77. The number of hydrogen-bond donors (Lipinski definition) is 2. The molecule has 8 nitrogen and oxygen atoms in total. The zero-order valence-corrected chi connectivity index (χ0v) is 27.7. The van der Waals surface area contributed by atoms with Crippen LogP contribution in [0.5, 0.6) is 5.75 Å². The van der Waals surface area contributed by atoms with Crippen LogP contribution in [0.2, 0.25) is 5.02 Å². The van der Waals surface area contributed by atoms with Crippen molar-refractivity contribution >= 4 is 41.1 Å². The number of allylic oxidation sites excluding steroid dienone is 4. The van der Waals surface area contributed by atoms with Crippen LogP contribution in [0.4, 0.5) is 4.39 Å². The topological polar surface area (TPSA) is 134 Å². The summed E-state index contributed by atoms with van der Waals surface area (Å²) in [5.74, 6) is -3.78. The van der Waals surface area contributed by atoms with Crippen molar-refractivity contribution in [1.82, 2.24) is 0 Å². The summed E-state index contributed by atoms with van der Waals surface area (Å²) in [7, 11) is 0. The molecule has 2 aromatic rings. The van der Waals surface area contributed by atoms with Gasteiger partial charge in [0.1, 0.15) is 11.8 Å². The minimum absolute atomic E-state index is 0.0511. The lowest BCUT2D eigenvalue weighted by molar-refractivity contribution is -0.223. The molecule has 0 unspecified atom stereocenters. The maximum Gasteiger partial charge on any atom is 0.352 e. The largest absolute Gasteiger partial charge is 0.506 e. The molecule has 8 atom stereocenters. The third-order valence-corrected chi connectivity index (χ3v) is 12.5. The van der Waals surface area contributed by atoms with Crippen molar-refractivity contribution < 1.29 is 38.5 Å². The molecule has 0 spiro atoms. The second kappa shape index (κ2) is 11.8. The highest BCUT2D eigenvalue weighted by Crippen LogP contribution is 2.71. The molecule has 6 rings (SSSR count). The number of fused-ring (bicyclic) bond motifs is 5. The Labute approximate surface area is 281 Å². The Morgan fingerprint density at radius 3 is 2.53 bits per heavy atom. The van der Waals surface area contributed by atoms with Crippen LogP contribution in [-0.4, -0.2) is 51.9 Å². The number of carbonyl (C=O) groups excluding carboxylic acids is 3. The molecule has 2 N–H and O–H groups in total. The lowest BCUT2D eigenvalue weighted by Gasteiger charge is -2.62. The number of aliphatic hydroxyl groups is 1. The van der Waals surface area contributed by atoms with E-state index in [1.54, 1.807) is 69.3 Å². The van der Waals surface area contributed by atoms with Crippen molar-refractivity contribution in [3.63, 3.8) is 0 Å². The molecule has 11 heteroatoms. The van der Waals surface area contributed by atoms with Gasteiger partial charge in [-0.2, -0.15) is 5.26 Å². The number of phenolic OH excluding ortho intramolecular Hbond substituents is 1. The van der Waals surface area contributed by atoms with Crippen molar-refractivity contribution in [1.29, 1.82) is 5.26 Å². The van der Waals surface area contributed by atoms with E-state index in [4.69, 9.17) is 21.1 Å². The number of halogens is 2. The molecule has 0 radical (unpaired) electrons. The van der Waals surface area contributed by atoms with E-state index in [0.717, 1.165) is 9.79 Å². The molecule has 0 saturated heterocycles. The Bertz CT molecular complexity index is 1760. The second-order valence-electron chi connectivity index (χ2n) is 13.5. The zero-order chi connectivity index (χ0) is 33.9. The molecule has 47 heavy (non-hydrogen) atoms. The van der Waals surface area contributed by atoms with Gasteiger partial charge in [0.2, 0.25) is 5.60 Å². The minimum Gasteiger partial charge on any atom is -0.506 e. The van der Waals surface area contributed by atoms with Crippen molar-refractivity contribution in [2.45, 2.75) is 73.6 Å². The SMILES string of the molecule is C[C@@H]1C[C@H]2[C@@H]3CC=C4CC(=O)C=C[C@]4(C)[C@@]3(F)[C@@H](O)C[C@]2(C)[C@@]1(OC(=O)c1ccc(Sc2ccc(Cl)c(O)c2)cc1)C(=O)OCC#N. The van der Waals surface area contributed by atoms with E-state index in [0.29, 0.717) is 12.0 Å². The number of aliphatic hydroxyl groups excluding tert-OH is 1. The van der Waals surface area contributed by atoms with Crippen LogP contribution in [0, 0.1) is 39.9 Å². The molecule has 0 aliphatic heterocycles. The Morgan fingerprint density at radius 2 is 1.85 bits per heavy atom. The molecule has 0 bridgehead atoms. The first kappa shape index (κ1) is 33.3. The lowest BCUT2D eigenvalue weighted by Crippen LogP contribution is -2.69. The van der Waals surface area contributed by atoms with Crippen LogP contribution >= 0.6 is 23.4 Å². The Hall–Kier alpha value is -3.65. The summed E-state index contributed by atoms with van der Waals surface area (Å²) in [6.45, 7) is 4.64. The van der Waals surface area contributed by atoms with Crippen molar-refractivity contribution in [3.8, 4) is 11.8 Å². The maximum absolute atomic E-state index is 17.7. The van der Waals surface area contributed by atoms with E-state index < -0.39 is 64.5 Å². The van der Waals surface area contributed by atoms with E-state index in [1.165, 1.54) is 23.9 Å². The summed E-state index contributed by atoms with van der Waals surface area (Å²) < 4.78 is 29.3. The first-order valence-corrected chi connectivity index (χ1v) is 16.7. The van der Waals surface area contributed by atoms with Gasteiger partial charge in [-0.3, -0.25) is 4.79 Å². The predicted octanol–water partition coefficient (Wildman–Crippen LogP) is 6.78. The smallest absolute Gasteiger partial charge is 0.352 e. The molecule has 0 heterocycles. The fourth-order valence-electron chi connectivity index (χ4n) is 8.89. The van der Waals surface area contributed by atoms with E-state index >= 15 is 4.39 Å². The average molecular weight is 680 g/mol. The summed E-state index contributed by atoms with van der Waals surface area (Å²) in [5.41, 5.74) is -5.74. The Kier molecular flexibility index (Phi) is 8.35. The van der Waals surface area contributed by atoms with Gasteiger partial charge in [0, 0.05) is 38.9 Å². The number of rotatable bonds is 6. The number of carbonyl (C=O) groups is 3. The number of ketones is 1. The van der Waals surface area contributed by atoms with Crippen LogP contribution < -0.4 is 0 Å². The van der Waals surface area contributed by atoms with Crippen LogP contribution in [0.3, 0.4) is 0 Å². The lowest BCUT2D eigenvalue weighted by atomic mass is 9.45. The van der Waals surface area contributed by atoms with Crippen LogP contribution in [0.15, 0.2) is 76.1 Å². The third kappa shape index (κ3) is 4.92. The Morgan fingerprint density at radius 1 is 1.15 bits per heavy atom. The number of esters is 2. The number of aromatic hydroxyl groups is 1. The number of nitriles is 1. The quantitative estimate of drug-likeness (QED) is 0.250. The average Bonchev–Trinajstić information content (AvgIpc) is 3.25. The molecular formula is C36H35ClFNO7S. The van der Waals surface area contributed by atoms with Crippen LogP contribution in [0.25, 0.3) is 0 Å². The van der Waals surface area contributed by atoms with Crippen LogP contribution in [-0.2, 0) is 19.1 Å². The highest BCUT2D eigenvalue weighted by molar-refractivity contribution is 7.99. The number of alkyl halides is 1. The summed E-state index contributed by atoms with van der Waals surface area (Å²) in [5, 5.41) is 31.2. The maximum atomic E-state index is 17.7. The normalized spacial score (nSPS) is 35.5. The van der Waals surface area contributed by atoms with E-state index in [-0.39, 0.29) is 41.4 Å².